The lowest BCUT2D eigenvalue weighted by molar-refractivity contribution is 0.0154. The first-order valence-corrected chi connectivity index (χ1v) is 7.08. The van der Waals surface area contributed by atoms with E-state index >= 15 is 0 Å². The van der Waals surface area contributed by atoms with Crippen molar-refractivity contribution >= 4 is 0 Å². The topological polar surface area (TPSA) is 47.7 Å². The Kier molecular flexibility index (Phi) is 5.76. The fourth-order valence-electron chi connectivity index (χ4n) is 2.46. The Labute approximate surface area is 119 Å². The number of ether oxygens (including phenoxy) is 2. The van der Waals surface area contributed by atoms with Crippen LogP contribution in [0.4, 0.5) is 4.39 Å². The Bertz CT molecular complexity index is 399. The van der Waals surface area contributed by atoms with Gasteiger partial charge in [0.05, 0.1) is 12.7 Å². The number of piperidine rings is 1. The van der Waals surface area contributed by atoms with Crippen LogP contribution in [0.3, 0.4) is 0 Å². The van der Waals surface area contributed by atoms with Crippen molar-refractivity contribution in [1.82, 2.24) is 4.90 Å². The minimum Gasteiger partial charge on any atom is -0.494 e. The van der Waals surface area contributed by atoms with Crippen LogP contribution in [0.5, 0.6) is 5.75 Å². The number of nitrogens with two attached hydrogens (primary N) is 1. The van der Waals surface area contributed by atoms with Crippen molar-refractivity contribution in [3.05, 3.63) is 30.1 Å². The average molecular weight is 282 g/mol. The lowest BCUT2D eigenvalue weighted by Crippen LogP contribution is -2.51. The van der Waals surface area contributed by atoms with Crippen LogP contribution in [0.2, 0.25) is 0 Å². The monoisotopic (exact) mass is 282 g/mol. The van der Waals surface area contributed by atoms with Crippen LogP contribution in [0.25, 0.3) is 0 Å². The number of halogens is 1. The van der Waals surface area contributed by atoms with Crippen LogP contribution < -0.4 is 10.5 Å². The lowest BCUT2D eigenvalue weighted by Gasteiger charge is -2.35. The molecule has 4 nitrogen and oxygen atoms in total. The van der Waals surface area contributed by atoms with Crippen molar-refractivity contribution < 1.29 is 13.9 Å². The van der Waals surface area contributed by atoms with Crippen LogP contribution in [0.15, 0.2) is 24.3 Å². The summed E-state index contributed by atoms with van der Waals surface area (Å²) in [6.07, 6.45) is 2.03. The standard InChI is InChI=1S/C15H23FN2O2/c1-19-15-11-18(9-7-14(15)17)8-2-10-20-13-5-3-12(16)4-6-13/h3-6,14-15H,2,7-11,17H2,1H3/t14-,15-/m0/s1. The highest BCUT2D eigenvalue weighted by Gasteiger charge is 2.25. The van der Waals surface area contributed by atoms with E-state index in [4.69, 9.17) is 15.2 Å². The molecule has 1 saturated heterocycles. The first-order chi connectivity index (χ1) is 9.69. The molecule has 1 fully saturated rings. The molecule has 0 aromatic heterocycles. The van der Waals surface area contributed by atoms with Crippen molar-refractivity contribution in [2.24, 2.45) is 5.73 Å². The van der Waals surface area contributed by atoms with Crippen LogP contribution in [0, 0.1) is 5.82 Å². The Hall–Kier alpha value is -1.17. The summed E-state index contributed by atoms with van der Waals surface area (Å²) in [7, 11) is 1.71. The highest BCUT2D eigenvalue weighted by molar-refractivity contribution is 5.21. The second-order valence-corrected chi connectivity index (χ2v) is 5.18. The molecule has 0 spiro atoms. The molecule has 1 aromatic rings. The molecule has 0 bridgehead atoms. The molecule has 0 amide bonds. The third kappa shape index (κ3) is 4.44. The number of rotatable bonds is 6. The molecule has 0 saturated carbocycles. The van der Waals surface area contributed by atoms with Crippen LogP contribution in [-0.2, 0) is 4.74 Å². The maximum atomic E-state index is 12.7. The fraction of sp³-hybridized carbons (Fsp3) is 0.600. The van der Waals surface area contributed by atoms with Gasteiger partial charge in [0.2, 0.25) is 0 Å². The Morgan fingerprint density at radius 1 is 1.35 bits per heavy atom. The minimum atomic E-state index is -0.243. The van der Waals surface area contributed by atoms with E-state index in [0.29, 0.717) is 12.4 Å². The Morgan fingerprint density at radius 3 is 2.80 bits per heavy atom. The van der Waals surface area contributed by atoms with Crippen molar-refractivity contribution in [2.45, 2.75) is 25.0 Å². The third-order valence-corrected chi connectivity index (χ3v) is 3.70. The van der Waals surface area contributed by atoms with Gasteiger partial charge in [-0.15, -0.1) is 0 Å². The van der Waals surface area contributed by atoms with Crippen molar-refractivity contribution in [2.75, 3.05) is 33.4 Å². The number of hydrogen-bond acceptors (Lipinski definition) is 4. The quantitative estimate of drug-likeness (QED) is 0.806. The van der Waals surface area contributed by atoms with Gasteiger partial charge in [-0.2, -0.15) is 0 Å². The zero-order valence-electron chi connectivity index (χ0n) is 11.9. The van der Waals surface area contributed by atoms with E-state index in [-0.39, 0.29) is 18.0 Å². The van der Waals surface area contributed by atoms with Crippen molar-refractivity contribution in [3.63, 3.8) is 0 Å². The number of nitrogens with zero attached hydrogens (tertiary/aromatic N) is 1. The molecule has 20 heavy (non-hydrogen) atoms. The SMILES string of the molecule is CO[C@H]1CN(CCCOc2ccc(F)cc2)CC[C@@H]1N. The molecule has 0 unspecified atom stereocenters. The van der Waals surface area contributed by atoms with Crippen LogP contribution >= 0.6 is 0 Å². The molecule has 2 atom stereocenters. The normalized spacial score (nSPS) is 23.8. The van der Waals surface area contributed by atoms with Crippen LogP contribution in [-0.4, -0.2) is 50.4 Å². The van der Waals surface area contributed by atoms with Gasteiger partial charge in [0.25, 0.3) is 0 Å². The predicted molar refractivity (Wildman–Crippen MR) is 76.3 cm³/mol. The molecule has 1 aromatic carbocycles. The maximum Gasteiger partial charge on any atom is 0.123 e. The summed E-state index contributed by atoms with van der Waals surface area (Å²) >= 11 is 0. The maximum absolute atomic E-state index is 12.7. The minimum absolute atomic E-state index is 0.127. The highest BCUT2D eigenvalue weighted by atomic mass is 19.1. The molecule has 1 heterocycles. The van der Waals surface area contributed by atoms with Crippen molar-refractivity contribution in [3.8, 4) is 5.75 Å². The molecule has 5 heteroatoms. The van der Waals surface area contributed by atoms with E-state index in [1.807, 2.05) is 0 Å². The van der Waals surface area contributed by atoms with E-state index in [1.165, 1.54) is 12.1 Å². The molecule has 1 aliphatic heterocycles. The third-order valence-electron chi connectivity index (χ3n) is 3.70. The van der Waals surface area contributed by atoms with E-state index in [2.05, 4.69) is 4.90 Å². The zero-order chi connectivity index (χ0) is 14.4. The van der Waals surface area contributed by atoms with Gasteiger partial charge in [0.1, 0.15) is 11.6 Å². The smallest absolute Gasteiger partial charge is 0.123 e. The molecular formula is C15H23FN2O2. The van der Waals surface area contributed by atoms with Gasteiger partial charge >= 0.3 is 0 Å². The molecule has 112 valence electrons. The largest absolute Gasteiger partial charge is 0.494 e. The fourth-order valence-corrected chi connectivity index (χ4v) is 2.46. The summed E-state index contributed by atoms with van der Waals surface area (Å²) in [6, 6.07) is 6.26. The lowest BCUT2D eigenvalue weighted by atomic mass is 10.0. The molecular weight excluding hydrogens is 259 g/mol. The Morgan fingerprint density at radius 2 is 2.10 bits per heavy atom. The van der Waals surface area contributed by atoms with Gasteiger partial charge in [0, 0.05) is 26.2 Å². The summed E-state index contributed by atoms with van der Waals surface area (Å²) in [5.74, 6) is 0.467. The van der Waals surface area contributed by atoms with Gasteiger partial charge < -0.3 is 20.1 Å². The van der Waals surface area contributed by atoms with E-state index in [0.717, 1.165) is 32.5 Å². The number of likely N-dealkylation sites (tertiary alicyclic amines) is 1. The van der Waals surface area contributed by atoms with E-state index in [1.54, 1.807) is 19.2 Å². The first-order valence-electron chi connectivity index (χ1n) is 7.08. The number of benzene rings is 1. The summed E-state index contributed by atoms with van der Waals surface area (Å²) in [6.45, 7) is 3.49. The molecule has 2 rings (SSSR count). The average Bonchev–Trinajstić information content (AvgIpc) is 2.47. The summed E-state index contributed by atoms with van der Waals surface area (Å²) in [4.78, 5) is 2.35. The van der Waals surface area contributed by atoms with Gasteiger partial charge in [-0.05, 0) is 43.7 Å². The summed E-state index contributed by atoms with van der Waals surface area (Å²) in [5.41, 5.74) is 5.99. The van der Waals surface area contributed by atoms with Gasteiger partial charge in [-0.1, -0.05) is 0 Å². The van der Waals surface area contributed by atoms with Gasteiger partial charge in [-0.25, -0.2) is 4.39 Å². The second kappa shape index (κ2) is 7.57. The number of methoxy groups -OCH3 is 1. The molecule has 0 aliphatic carbocycles. The van der Waals surface area contributed by atoms with E-state index < -0.39 is 0 Å². The van der Waals surface area contributed by atoms with Gasteiger partial charge in [0.15, 0.2) is 0 Å². The van der Waals surface area contributed by atoms with Gasteiger partial charge in [-0.3, -0.25) is 0 Å². The van der Waals surface area contributed by atoms with Crippen molar-refractivity contribution in [1.29, 1.82) is 0 Å². The van der Waals surface area contributed by atoms with E-state index in [9.17, 15) is 4.39 Å². The Balaban J connectivity index is 1.65. The summed E-state index contributed by atoms with van der Waals surface area (Å²) in [5, 5.41) is 0. The highest BCUT2D eigenvalue weighted by Crippen LogP contribution is 2.13. The zero-order valence-corrected chi connectivity index (χ0v) is 11.9. The van der Waals surface area contributed by atoms with Crippen LogP contribution in [0.1, 0.15) is 12.8 Å². The molecule has 0 radical (unpaired) electrons. The molecule has 2 N–H and O–H groups in total. The molecule has 1 aliphatic rings. The first kappa shape index (κ1) is 15.2. The predicted octanol–water partition coefficient (Wildman–Crippen LogP) is 1.64. The number of hydrogen-bond donors (Lipinski definition) is 1. The summed E-state index contributed by atoms with van der Waals surface area (Å²) < 4.78 is 23.7. The second-order valence-electron chi connectivity index (χ2n) is 5.18.